The van der Waals surface area contributed by atoms with Crippen molar-refractivity contribution < 1.29 is 0 Å². The third-order valence-electron chi connectivity index (χ3n) is 3.90. The molecule has 0 aromatic heterocycles. The van der Waals surface area contributed by atoms with Gasteiger partial charge >= 0.3 is 0 Å². The van der Waals surface area contributed by atoms with Crippen LogP contribution in [0.2, 0.25) is 0 Å². The zero-order chi connectivity index (χ0) is 17.3. The van der Waals surface area contributed by atoms with Crippen molar-refractivity contribution in [1.29, 1.82) is 0 Å². The van der Waals surface area contributed by atoms with E-state index in [-0.39, 0.29) is 0 Å². The molecule has 0 bridgehead atoms. The lowest BCUT2D eigenvalue weighted by Gasteiger charge is -2.26. The van der Waals surface area contributed by atoms with Crippen LogP contribution >= 0.6 is 23.5 Å². The van der Waals surface area contributed by atoms with Gasteiger partial charge in [-0.3, -0.25) is 0 Å². The van der Waals surface area contributed by atoms with Crippen molar-refractivity contribution in [2.24, 2.45) is 0 Å². The van der Waals surface area contributed by atoms with Crippen molar-refractivity contribution in [3.63, 3.8) is 0 Å². The standard InChI is InChI=1S/C23H22S2/c1-2-12-22(24-20-15-8-4-9-16-20)23(19-13-6-3-7-14-19)25-21-17-10-5-11-18-21/h2-11,13-18,22-23H,1,12H2/t22-,23-/m1/s1. The van der Waals surface area contributed by atoms with E-state index in [0.717, 1.165) is 6.42 Å². The Hall–Kier alpha value is -1.90. The Bertz CT molecular complexity index is 754. The summed E-state index contributed by atoms with van der Waals surface area (Å²) in [6, 6.07) is 32.2. The first-order valence-corrected chi connectivity index (χ1v) is 10.2. The van der Waals surface area contributed by atoms with Gasteiger partial charge in [0.2, 0.25) is 0 Å². The Labute approximate surface area is 159 Å². The quantitative estimate of drug-likeness (QED) is 0.305. The molecule has 0 heterocycles. The van der Waals surface area contributed by atoms with Gasteiger partial charge < -0.3 is 0 Å². The molecular formula is C23H22S2. The fourth-order valence-corrected chi connectivity index (χ4v) is 5.39. The maximum atomic E-state index is 4.00. The fourth-order valence-electron chi connectivity index (χ4n) is 2.72. The lowest BCUT2D eigenvalue weighted by molar-refractivity contribution is 0.844. The molecule has 0 aliphatic carbocycles. The van der Waals surface area contributed by atoms with Gasteiger partial charge in [-0.15, -0.1) is 30.1 Å². The second kappa shape index (κ2) is 9.55. The Balaban J connectivity index is 1.90. The van der Waals surface area contributed by atoms with Gasteiger partial charge in [-0.2, -0.15) is 0 Å². The molecule has 3 aromatic rings. The summed E-state index contributed by atoms with van der Waals surface area (Å²) >= 11 is 3.88. The van der Waals surface area contributed by atoms with Gasteiger partial charge in [-0.1, -0.05) is 72.8 Å². The van der Waals surface area contributed by atoms with E-state index in [4.69, 9.17) is 0 Å². The van der Waals surface area contributed by atoms with Gasteiger partial charge in [-0.25, -0.2) is 0 Å². The van der Waals surface area contributed by atoms with Gasteiger partial charge in [0.05, 0.1) is 0 Å². The minimum Gasteiger partial charge on any atom is -0.121 e. The molecule has 2 atom stereocenters. The summed E-state index contributed by atoms with van der Waals surface area (Å²) in [5.74, 6) is 0. The van der Waals surface area contributed by atoms with Crippen LogP contribution in [-0.4, -0.2) is 5.25 Å². The SMILES string of the molecule is C=CC[C@@H](Sc1ccccc1)[C@H](Sc1ccccc1)c1ccccc1. The summed E-state index contributed by atoms with van der Waals surface area (Å²) in [5, 5.41) is 0.791. The molecule has 25 heavy (non-hydrogen) atoms. The van der Waals surface area contributed by atoms with Crippen LogP contribution in [0.5, 0.6) is 0 Å². The van der Waals surface area contributed by atoms with Crippen LogP contribution in [0.3, 0.4) is 0 Å². The Morgan fingerprint density at radius 1 is 0.680 bits per heavy atom. The molecule has 126 valence electrons. The van der Waals surface area contributed by atoms with Gasteiger partial charge in [0.1, 0.15) is 0 Å². The summed E-state index contributed by atoms with van der Waals surface area (Å²) < 4.78 is 0. The normalized spacial score (nSPS) is 13.1. The summed E-state index contributed by atoms with van der Waals surface area (Å²) in [7, 11) is 0. The van der Waals surface area contributed by atoms with Crippen molar-refractivity contribution in [3.8, 4) is 0 Å². The van der Waals surface area contributed by atoms with Crippen LogP contribution < -0.4 is 0 Å². The van der Waals surface area contributed by atoms with Crippen molar-refractivity contribution in [3.05, 3.63) is 109 Å². The number of hydrogen-bond acceptors (Lipinski definition) is 2. The topological polar surface area (TPSA) is 0 Å². The van der Waals surface area contributed by atoms with E-state index in [1.807, 2.05) is 29.6 Å². The molecule has 0 nitrogen and oxygen atoms in total. The van der Waals surface area contributed by atoms with Crippen LogP contribution in [0, 0.1) is 0 Å². The predicted molar refractivity (Wildman–Crippen MR) is 112 cm³/mol. The highest BCUT2D eigenvalue weighted by atomic mass is 32.2. The lowest BCUT2D eigenvalue weighted by atomic mass is 10.1. The number of allylic oxidation sites excluding steroid dienone is 1. The minimum absolute atomic E-state index is 0.367. The molecule has 0 spiro atoms. The molecule has 0 aliphatic heterocycles. The van der Waals surface area contributed by atoms with E-state index in [9.17, 15) is 0 Å². The smallest absolute Gasteiger partial charge is 0.0469 e. The average Bonchev–Trinajstić information content (AvgIpc) is 2.68. The summed E-state index contributed by atoms with van der Waals surface area (Å²) in [5.41, 5.74) is 1.37. The fraction of sp³-hybridized carbons (Fsp3) is 0.130. The van der Waals surface area contributed by atoms with E-state index in [1.54, 1.807) is 0 Å². The molecule has 0 saturated carbocycles. The number of benzene rings is 3. The zero-order valence-corrected chi connectivity index (χ0v) is 15.8. The number of rotatable bonds is 8. The van der Waals surface area contributed by atoms with Crippen LogP contribution in [0.4, 0.5) is 0 Å². The van der Waals surface area contributed by atoms with Crippen molar-refractivity contribution in [2.75, 3.05) is 0 Å². The second-order valence-electron chi connectivity index (χ2n) is 5.76. The lowest BCUT2D eigenvalue weighted by Crippen LogP contribution is -2.12. The summed E-state index contributed by atoms with van der Waals surface area (Å²) in [6.45, 7) is 4.00. The van der Waals surface area contributed by atoms with E-state index in [2.05, 4.69) is 97.6 Å². The molecule has 3 rings (SSSR count). The van der Waals surface area contributed by atoms with Gasteiger partial charge in [0.15, 0.2) is 0 Å². The molecule has 2 heteroatoms. The number of hydrogen-bond donors (Lipinski definition) is 0. The third-order valence-corrected chi connectivity index (χ3v) is 6.78. The van der Waals surface area contributed by atoms with Crippen molar-refractivity contribution in [2.45, 2.75) is 26.7 Å². The highest BCUT2D eigenvalue weighted by Gasteiger charge is 2.24. The summed E-state index contributed by atoms with van der Waals surface area (Å²) in [6.07, 6.45) is 3.01. The van der Waals surface area contributed by atoms with Crippen LogP contribution in [-0.2, 0) is 0 Å². The largest absolute Gasteiger partial charge is 0.121 e. The molecule has 0 amide bonds. The molecule has 0 radical (unpaired) electrons. The van der Waals surface area contributed by atoms with Gasteiger partial charge in [0.25, 0.3) is 0 Å². The van der Waals surface area contributed by atoms with E-state index >= 15 is 0 Å². The highest BCUT2D eigenvalue weighted by Crippen LogP contribution is 2.45. The van der Waals surface area contributed by atoms with Crippen molar-refractivity contribution >= 4 is 23.5 Å². The highest BCUT2D eigenvalue weighted by molar-refractivity contribution is 8.03. The first-order chi connectivity index (χ1) is 12.4. The molecular weight excluding hydrogens is 340 g/mol. The van der Waals surface area contributed by atoms with Crippen LogP contribution in [0.15, 0.2) is 113 Å². The van der Waals surface area contributed by atoms with E-state index in [0.29, 0.717) is 10.5 Å². The molecule has 0 aliphatic rings. The average molecular weight is 363 g/mol. The molecule has 0 saturated heterocycles. The first kappa shape index (κ1) is 17.9. The second-order valence-corrected chi connectivity index (χ2v) is 8.28. The Morgan fingerprint density at radius 3 is 1.68 bits per heavy atom. The van der Waals surface area contributed by atoms with Crippen LogP contribution in [0.1, 0.15) is 17.2 Å². The molecule has 0 fully saturated rings. The third kappa shape index (κ3) is 5.29. The maximum absolute atomic E-state index is 4.00. The van der Waals surface area contributed by atoms with Gasteiger partial charge in [-0.05, 0) is 36.2 Å². The van der Waals surface area contributed by atoms with E-state index in [1.165, 1.54) is 15.4 Å². The Kier molecular flexibility index (Phi) is 6.84. The summed E-state index contributed by atoms with van der Waals surface area (Å²) in [4.78, 5) is 2.61. The Morgan fingerprint density at radius 2 is 1.16 bits per heavy atom. The molecule has 0 N–H and O–H groups in total. The van der Waals surface area contributed by atoms with E-state index < -0.39 is 0 Å². The molecule has 0 unspecified atom stereocenters. The van der Waals surface area contributed by atoms with Crippen molar-refractivity contribution in [1.82, 2.24) is 0 Å². The van der Waals surface area contributed by atoms with Crippen LogP contribution in [0.25, 0.3) is 0 Å². The zero-order valence-electron chi connectivity index (χ0n) is 14.1. The maximum Gasteiger partial charge on any atom is 0.0469 e. The molecule has 3 aromatic carbocycles. The minimum atomic E-state index is 0.367. The monoisotopic (exact) mass is 362 g/mol. The van der Waals surface area contributed by atoms with Gasteiger partial charge in [0, 0.05) is 20.3 Å². The number of thioether (sulfide) groups is 2. The first-order valence-electron chi connectivity index (χ1n) is 8.46. The predicted octanol–water partition coefficient (Wildman–Crippen LogP) is 7.26.